The number of rotatable bonds is 6. The second kappa shape index (κ2) is 8.04. The molecule has 0 radical (unpaired) electrons. The Hall–Kier alpha value is -3.20. The fourth-order valence-corrected chi connectivity index (χ4v) is 4.16. The first-order chi connectivity index (χ1) is 14.1. The van der Waals surface area contributed by atoms with Gasteiger partial charge in [-0.2, -0.15) is 0 Å². The number of benzene rings is 2. The predicted molar refractivity (Wildman–Crippen MR) is 112 cm³/mol. The van der Waals surface area contributed by atoms with Crippen LogP contribution in [0.2, 0.25) is 0 Å². The lowest BCUT2D eigenvalue weighted by Gasteiger charge is -2.21. The minimum absolute atomic E-state index is 0.216. The number of nitrogens with zero attached hydrogens (tertiary/aromatic N) is 4. The molecule has 9 heteroatoms. The molecule has 2 heterocycles. The van der Waals surface area contributed by atoms with Crippen LogP contribution < -0.4 is 14.4 Å². The van der Waals surface area contributed by atoms with Crippen molar-refractivity contribution in [1.82, 2.24) is 4.98 Å². The van der Waals surface area contributed by atoms with Crippen LogP contribution in [0.25, 0.3) is 10.2 Å². The highest BCUT2D eigenvalue weighted by molar-refractivity contribution is 7.21. The Morgan fingerprint density at radius 1 is 1.10 bits per heavy atom. The summed E-state index contributed by atoms with van der Waals surface area (Å²) in [6.07, 6.45) is 2.32. The van der Waals surface area contributed by atoms with Crippen molar-refractivity contribution in [3.63, 3.8) is 0 Å². The Bertz CT molecular complexity index is 1090. The molecule has 0 spiro atoms. The summed E-state index contributed by atoms with van der Waals surface area (Å²) in [5, 5.41) is 18.1. The highest BCUT2D eigenvalue weighted by atomic mass is 32.1. The van der Waals surface area contributed by atoms with Gasteiger partial charge in [0.1, 0.15) is 17.2 Å². The number of ether oxygens (including phenoxy) is 2. The van der Waals surface area contributed by atoms with Gasteiger partial charge < -0.3 is 19.5 Å². The lowest BCUT2D eigenvalue weighted by atomic mass is 10.2. The normalized spacial score (nSPS) is 14.1. The number of methoxy groups -OCH3 is 2. The maximum atomic E-state index is 11.1. The number of thiazole rings is 1. The van der Waals surface area contributed by atoms with E-state index >= 15 is 0 Å². The van der Waals surface area contributed by atoms with Gasteiger partial charge in [0.05, 0.1) is 35.7 Å². The van der Waals surface area contributed by atoms with E-state index in [1.54, 1.807) is 26.4 Å². The van der Waals surface area contributed by atoms with E-state index in [0.717, 1.165) is 42.1 Å². The summed E-state index contributed by atoms with van der Waals surface area (Å²) in [4.78, 5) is 17.8. The topological polar surface area (TPSA) is 96.6 Å². The Morgan fingerprint density at radius 3 is 2.55 bits per heavy atom. The second-order valence-corrected chi connectivity index (χ2v) is 7.58. The summed E-state index contributed by atoms with van der Waals surface area (Å²) in [5.74, 6) is 0.348. The number of azo groups is 1. The molecule has 0 bridgehead atoms. The molecular formula is C20H20N4O4S. The van der Waals surface area contributed by atoms with Crippen molar-refractivity contribution in [3.05, 3.63) is 35.9 Å². The molecule has 150 valence electrons. The minimum atomic E-state index is -0.974. The first kappa shape index (κ1) is 19.1. The van der Waals surface area contributed by atoms with E-state index in [2.05, 4.69) is 20.1 Å². The van der Waals surface area contributed by atoms with Gasteiger partial charge in [0.25, 0.3) is 0 Å². The molecule has 2 aromatic carbocycles. The summed E-state index contributed by atoms with van der Waals surface area (Å²) < 4.78 is 11.8. The summed E-state index contributed by atoms with van der Waals surface area (Å²) >= 11 is 1.28. The highest BCUT2D eigenvalue weighted by Gasteiger charge is 2.19. The van der Waals surface area contributed by atoms with Crippen LogP contribution >= 0.6 is 11.3 Å². The van der Waals surface area contributed by atoms with Gasteiger partial charge >= 0.3 is 5.97 Å². The molecule has 4 rings (SSSR count). The second-order valence-electron chi connectivity index (χ2n) is 6.57. The van der Waals surface area contributed by atoms with Gasteiger partial charge in [-0.25, -0.2) is 9.78 Å². The fraction of sp³-hybridized carbons (Fsp3) is 0.300. The third-order valence-corrected chi connectivity index (χ3v) is 5.70. The first-order valence-corrected chi connectivity index (χ1v) is 9.97. The minimum Gasteiger partial charge on any atom is -0.494 e. The van der Waals surface area contributed by atoms with Gasteiger partial charge in [0.2, 0.25) is 5.13 Å². The largest absolute Gasteiger partial charge is 0.494 e. The van der Waals surface area contributed by atoms with Crippen LogP contribution in [-0.4, -0.2) is 43.4 Å². The zero-order valence-corrected chi connectivity index (χ0v) is 16.9. The first-order valence-electron chi connectivity index (χ1n) is 9.15. The molecule has 1 N–H and O–H groups in total. The molecule has 0 atom stereocenters. The number of aromatic nitrogens is 1. The molecule has 0 amide bonds. The zero-order valence-electron chi connectivity index (χ0n) is 16.1. The molecule has 1 aromatic heterocycles. The molecule has 8 nitrogen and oxygen atoms in total. The lowest BCUT2D eigenvalue weighted by molar-refractivity contribution is 0.0697. The third kappa shape index (κ3) is 3.86. The average molecular weight is 412 g/mol. The molecule has 0 unspecified atom stereocenters. The maximum absolute atomic E-state index is 11.1. The van der Waals surface area contributed by atoms with E-state index in [0.29, 0.717) is 22.1 Å². The van der Waals surface area contributed by atoms with Gasteiger partial charge in [-0.15, -0.1) is 10.2 Å². The van der Waals surface area contributed by atoms with Gasteiger partial charge in [-0.1, -0.05) is 11.3 Å². The number of aromatic carboxylic acids is 1. The number of carbonyl (C=O) groups is 1. The van der Waals surface area contributed by atoms with Crippen LogP contribution in [0.3, 0.4) is 0 Å². The van der Waals surface area contributed by atoms with Gasteiger partial charge in [0.15, 0.2) is 0 Å². The van der Waals surface area contributed by atoms with E-state index < -0.39 is 5.97 Å². The Morgan fingerprint density at radius 2 is 1.86 bits per heavy atom. The van der Waals surface area contributed by atoms with Crippen molar-refractivity contribution >= 4 is 44.0 Å². The highest BCUT2D eigenvalue weighted by Crippen LogP contribution is 2.42. The SMILES string of the molecule is COc1cc(N2CCCC2)c(OC)cc1N=Nc1nc2ccc(C(=O)O)cc2s1. The van der Waals surface area contributed by atoms with Crippen LogP contribution in [-0.2, 0) is 0 Å². The monoisotopic (exact) mass is 412 g/mol. The third-order valence-electron chi connectivity index (χ3n) is 4.79. The molecule has 0 aliphatic carbocycles. The van der Waals surface area contributed by atoms with E-state index in [1.165, 1.54) is 17.4 Å². The van der Waals surface area contributed by atoms with Gasteiger partial charge in [-0.3, -0.25) is 0 Å². The van der Waals surface area contributed by atoms with Gasteiger partial charge in [0, 0.05) is 25.2 Å². The molecule has 3 aromatic rings. The van der Waals surface area contributed by atoms with E-state index in [1.807, 2.05) is 12.1 Å². The summed E-state index contributed by atoms with van der Waals surface area (Å²) in [6, 6.07) is 8.52. The van der Waals surface area contributed by atoms with Crippen molar-refractivity contribution in [3.8, 4) is 11.5 Å². The van der Waals surface area contributed by atoms with E-state index in [9.17, 15) is 4.79 Å². The average Bonchev–Trinajstić information content (AvgIpc) is 3.40. The van der Waals surface area contributed by atoms with Crippen molar-refractivity contribution in [2.45, 2.75) is 12.8 Å². The van der Waals surface area contributed by atoms with Gasteiger partial charge in [-0.05, 0) is 31.0 Å². The zero-order chi connectivity index (χ0) is 20.4. The number of carboxylic acid groups (broad SMARTS) is 1. The van der Waals surface area contributed by atoms with E-state index in [4.69, 9.17) is 14.6 Å². The fourth-order valence-electron chi connectivity index (χ4n) is 3.33. The molecule has 1 aliphatic heterocycles. The Balaban J connectivity index is 1.66. The van der Waals surface area contributed by atoms with Crippen LogP contribution in [0, 0.1) is 0 Å². The number of carboxylic acids is 1. The van der Waals surface area contributed by atoms with Crippen molar-refractivity contribution in [1.29, 1.82) is 0 Å². The van der Waals surface area contributed by atoms with Crippen LogP contribution in [0.15, 0.2) is 40.6 Å². The molecule has 0 saturated carbocycles. The summed E-state index contributed by atoms with van der Waals surface area (Å²) in [7, 11) is 3.23. The van der Waals surface area contributed by atoms with Crippen LogP contribution in [0.4, 0.5) is 16.5 Å². The smallest absolute Gasteiger partial charge is 0.335 e. The molecule has 1 saturated heterocycles. The van der Waals surface area contributed by atoms with Crippen LogP contribution in [0.5, 0.6) is 11.5 Å². The number of hydrogen-bond donors (Lipinski definition) is 1. The summed E-state index contributed by atoms with van der Waals surface area (Å²) in [5.41, 5.74) is 2.43. The maximum Gasteiger partial charge on any atom is 0.335 e. The molecule has 1 fully saturated rings. The number of hydrogen-bond acceptors (Lipinski definition) is 8. The number of fused-ring (bicyclic) bond motifs is 1. The van der Waals surface area contributed by atoms with Crippen molar-refractivity contribution < 1.29 is 19.4 Å². The lowest BCUT2D eigenvalue weighted by Crippen LogP contribution is -2.18. The summed E-state index contributed by atoms with van der Waals surface area (Å²) in [6.45, 7) is 1.98. The Labute approximate surface area is 171 Å². The van der Waals surface area contributed by atoms with E-state index in [-0.39, 0.29) is 5.56 Å². The van der Waals surface area contributed by atoms with Crippen LogP contribution in [0.1, 0.15) is 23.2 Å². The molecule has 1 aliphatic rings. The van der Waals surface area contributed by atoms with Crippen molar-refractivity contribution in [2.24, 2.45) is 10.2 Å². The quantitative estimate of drug-likeness (QED) is 0.571. The number of anilines is 1. The Kier molecular flexibility index (Phi) is 5.30. The standard InChI is InChI=1S/C20H20N4O4S/c1-27-16-11-15(24-7-3-4-8-24)17(28-2)10-14(16)22-23-20-21-13-6-5-12(19(25)26)9-18(13)29-20/h5-6,9-11H,3-4,7-8H2,1-2H3,(H,25,26). The van der Waals surface area contributed by atoms with Crippen molar-refractivity contribution in [2.75, 3.05) is 32.2 Å². The molecular weight excluding hydrogens is 392 g/mol. The molecule has 29 heavy (non-hydrogen) atoms. The predicted octanol–water partition coefficient (Wildman–Crippen LogP) is 5.03.